The SMILES string of the molecule is O=c1[nH]cc(C(F)(F)C(F)(F)c2ccc(Cl)cc2)[nH]c1=O. The number of alkyl halides is 4. The third kappa shape index (κ3) is 2.58. The summed E-state index contributed by atoms with van der Waals surface area (Å²) in [5.41, 5.74) is -5.04. The number of halogens is 5. The van der Waals surface area contributed by atoms with Crippen LogP contribution in [0.3, 0.4) is 0 Å². The summed E-state index contributed by atoms with van der Waals surface area (Å²) in [5, 5.41) is 0.107. The van der Waals surface area contributed by atoms with Crippen LogP contribution in [0.2, 0.25) is 5.02 Å². The Morgan fingerprint density at radius 1 is 0.905 bits per heavy atom. The Kier molecular flexibility index (Phi) is 3.66. The number of hydrogen-bond acceptors (Lipinski definition) is 2. The molecule has 0 atom stereocenters. The first-order valence-electron chi connectivity index (χ1n) is 5.50. The predicted molar refractivity (Wildman–Crippen MR) is 66.9 cm³/mol. The van der Waals surface area contributed by atoms with E-state index in [9.17, 15) is 27.2 Å². The predicted octanol–water partition coefficient (Wildman–Crippen LogP) is 2.60. The minimum Gasteiger partial charge on any atom is -0.322 e. The van der Waals surface area contributed by atoms with Crippen LogP contribution < -0.4 is 11.1 Å². The van der Waals surface area contributed by atoms with Gasteiger partial charge in [-0.25, -0.2) is 0 Å². The Labute approximate surface area is 119 Å². The lowest BCUT2D eigenvalue weighted by molar-refractivity contribution is -0.226. The average Bonchev–Trinajstić information content (AvgIpc) is 2.42. The average molecular weight is 323 g/mol. The zero-order valence-corrected chi connectivity index (χ0v) is 10.8. The maximum atomic E-state index is 14.0. The third-order valence-corrected chi connectivity index (χ3v) is 2.99. The largest absolute Gasteiger partial charge is 0.355 e. The second-order valence-electron chi connectivity index (χ2n) is 4.14. The molecule has 0 saturated carbocycles. The molecular formula is C12H7ClF4N2O2. The van der Waals surface area contributed by atoms with Gasteiger partial charge in [0.05, 0.1) is 0 Å². The van der Waals surface area contributed by atoms with E-state index in [1.807, 2.05) is 0 Å². The van der Waals surface area contributed by atoms with Gasteiger partial charge in [0.2, 0.25) is 0 Å². The van der Waals surface area contributed by atoms with Crippen molar-refractivity contribution in [2.75, 3.05) is 0 Å². The van der Waals surface area contributed by atoms with Gasteiger partial charge in [-0.05, 0) is 12.1 Å². The molecule has 0 aliphatic rings. The van der Waals surface area contributed by atoms with Crippen LogP contribution >= 0.6 is 11.6 Å². The summed E-state index contributed by atoms with van der Waals surface area (Å²) in [7, 11) is 0. The second-order valence-corrected chi connectivity index (χ2v) is 4.58. The van der Waals surface area contributed by atoms with Crippen molar-refractivity contribution < 1.29 is 17.6 Å². The Bertz CT molecular complexity index is 768. The normalized spacial score (nSPS) is 12.4. The van der Waals surface area contributed by atoms with Crippen molar-refractivity contribution in [1.29, 1.82) is 0 Å². The second kappa shape index (κ2) is 5.03. The van der Waals surface area contributed by atoms with E-state index in [1.54, 1.807) is 4.98 Å². The molecule has 9 heteroatoms. The highest BCUT2D eigenvalue weighted by Crippen LogP contribution is 2.48. The first-order valence-corrected chi connectivity index (χ1v) is 5.88. The highest BCUT2D eigenvalue weighted by atomic mass is 35.5. The molecule has 1 aromatic carbocycles. The summed E-state index contributed by atoms with van der Waals surface area (Å²) in [6, 6.07) is 3.58. The van der Waals surface area contributed by atoms with Crippen LogP contribution in [0.1, 0.15) is 11.3 Å². The van der Waals surface area contributed by atoms with Crippen LogP contribution in [0.15, 0.2) is 40.1 Å². The first kappa shape index (κ1) is 15.3. The Morgan fingerprint density at radius 2 is 1.48 bits per heavy atom. The Morgan fingerprint density at radius 3 is 2.00 bits per heavy atom. The minimum absolute atomic E-state index is 0.107. The molecule has 0 amide bonds. The molecule has 2 aromatic rings. The molecule has 0 saturated heterocycles. The van der Waals surface area contributed by atoms with Crippen molar-refractivity contribution in [3.8, 4) is 0 Å². The van der Waals surface area contributed by atoms with E-state index >= 15 is 0 Å². The molecule has 0 fully saturated rings. The highest BCUT2D eigenvalue weighted by Gasteiger charge is 2.59. The fourth-order valence-electron chi connectivity index (χ4n) is 1.60. The molecule has 1 aromatic heterocycles. The molecule has 21 heavy (non-hydrogen) atoms. The number of nitrogens with one attached hydrogen (secondary N) is 2. The van der Waals surface area contributed by atoms with Crippen LogP contribution in [0.5, 0.6) is 0 Å². The topological polar surface area (TPSA) is 65.7 Å². The lowest BCUT2D eigenvalue weighted by atomic mass is 10.00. The summed E-state index contributed by atoms with van der Waals surface area (Å²) < 4.78 is 55.9. The van der Waals surface area contributed by atoms with E-state index in [4.69, 9.17) is 11.6 Å². The number of aromatic nitrogens is 2. The lowest BCUT2D eigenvalue weighted by Gasteiger charge is -2.26. The molecule has 0 unspecified atom stereocenters. The van der Waals surface area contributed by atoms with E-state index in [-0.39, 0.29) is 5.02 Å². The van der Waals surface area contributed by atoms with Gasteiger partial charge in [0, 0.05) is 16.8 Å². The number of hydrogen-bond donors (Lipinski definition) is 2. The van der Waals surface area contributed by atoms with E-state index in [0.29, 0.717) is 6.20 Å². The van der Waals surface area contributed by atoms with E-state index < -0.39 is 34.2 Å². The summed E-state index contributed by atoms with van der Waals surface area (Å²) in [6.07, 6.45) is 0.341. The van der Waals surface area contributed by atoms with Gasteiger partial charge in [-0.1, -0.05) is 23.7 Å². The fourth-order valence-corrected chi connectivity index (χ4v) is 1.72. The van der Waals surface area contributed by atoms with Crippen molar-refractivity contribution in [3.63, 3.8) is 0 Å². The molecule has 0 bridgehead atoms. The molecule has 112 valence electrons. The van der Waals surface area contributed by atoms with Crippen LogP contribution in [-0.2, 0) is 11.8 Å². The lowest BCUT2D eigenvalue weighted by Crippen LogP contribution is -2.40. The summed E-state index contributed by atoms with van der Waals surface area (Å²) in [4.78, 5) is 24.9. The fraction of sp³-hybridized carbons (Fsp3) is 0.167. The summed E-state index contributed by atoms with van der Waals surface area (Å²) in [6.45, 7) is 0. The minimum atomic E-state index is -4.73. The van der Waals surface area contributed by atoms with Gasteiger partial charge in [-0.2, -0.15) is 17.6 Å². The van der Waals surface area contributed by atoms with Crippen molar-refractivity contribution in [3.05, 3.63) is 67.4 Å². The van der Waals surface area contributed by atoms with Gasteiger partial charge >= 0.3 is 23.0 Å². The van der Waals surface area contributed by atoms with Gasteiger partial charge in [0.1, 0.15) is 5.69 Å². The molecule has 1 heterocycles. The van der Waals surface area contributed by atoms with Crippen molar-refractivity contribution in [2.24, 2.45) is 0 Å². The Hall–Kier alpha value is -2.09. The molecule has 2 N–H and O–H groups in total. The standard InChI is InChI=1S/C12H7ClF4N2O2/c13-7-3-1-6(2-4-7)11(14,15)12(16,17)8-5-18-9(20)10(21)19-8/h1-5H,(H,18,20)(H,19,21). The van der Waals surface area contributed by atoms with Gasteiger partial charge < -0.3 is 9.97 Å². The molecule has 0 aliphatic carbocycles. The third-order valence-electron chi connectivity index (χ3n) is 2.74. The molecule has 2 rings (SSSR count). The highest BCUT2D eigenvalue weighted by molar-refractivity contribution is 6.30. The molecule has 0 spiro atoms. The van der Waals surface area contributed by atoms with Crippen LogP contribution in [0.25, 0.3) is 0 Å². The van der Waals surface area contributed by atoms with Gasteiger partial charge in [0.25, 0.3) is 0 Å². The van der Waals surface area contributed by atoms with Crippen molar-refractivity contribution >= 4 is 11.6 Å². The number of aromatic amines is 2. The Balaban J connectivity index is 2.54. The number of H-pyrrole nitrogens is 2. The van der Waals surface area contributed by atoms with E-state index in [2.05, 4.69) is 0 Å². The zero-order valence-electron chi connectivity index (χ0n) is 10.1. The first-order chi connectivity index (χ1) is 9.66. The summed E-state index contributed by atoms with van der Waals surface area (Å²) in [5.74, 6) is -9.34. The monoisotopic (exact) mass is 322 g/mol. The van der Waals surface area contributed by atoms with Gasteiger partial charge in [-0.3, -0.25) is 9.59 Å². The quantitative estimate of drug-likeness (QED) is 0.674. The van der Waals surface area contributed by atoms with E-state index in [0.717, 1.165) is 24.3 Å². The maximum absolute atomic E-state index is 14.0. The zero-order chi connectivity index (χ0) is 15.8. The number of rotatable bonds is 3. The van der Waals surface area contributed by atoms with Crippen molar-refractivity contribution in [2.45, 2.75) is 11.8 Å². The number of benzene rings is 1. The molecule has 4 nitrogen and oxygen atoms in total. The molecule has 0 aliphatic heterocycles. The van der Waals surface area contributed by atoms with Crippen molar-refractivity contribution in [1.82, 2.24) is 9.97 Å². The summed E-state index contributed by atoms with van der Waals surface area (Å²) >= 11 is 5.51. The molecule has 0 radical (unpaired) electrons. The van der Waals surface area contributed by atoms with Gasteiger partial charge in [-0.15, -0.1) is 0 Å². The van der Waals surface area contributed by atoms with Crippen LogP contribution in [0.4, 0.5) is 17.6 Å². The van der Waals surface area contributed by atoms with Crippen LogP contribution in [-0.4, -0.2) is 9.97 Å². The molecular weight excluding hydrogens is 316 g/mol. The smallest absolute Gasteiger partial charge is 0.322 e. The van der Waals surface area contributed by atoms with Gasteiger partial charge in [0.15, 0.2) is 0 Å². The van der Waals surface area contributed by atoms with E-state index in [1.165, 1.54) is 4.98 Å². The van der Waals surface area contributed by atoms with Crippen LogP contribution in [0, 0.1) is 0 Å². The maximum Gasteiger partial charge on any atom is 0.355 e.